The average Bonchev–Trinajstić information content (AvgIpc) is 3.12. The van der Waals surface area contributed by atoms with Gasteiger partial charge in [0.1, 0.15) is 0 Å². The zero-order valence-corrected chi connectivity index (χ0v) is 15.1. The van der Waals surface area contributed by atoms with Crippen LogP contribution in [0, 0.1) is 0 Å². The largest absolute Gasteiger partial charge is 0.379 e. The third-order valence-electron chi connectivity index (χ3n) is 6.01. The Labute approximate surface area is 150 Å². The van der Waals surface area contributed by atoms with Gasteiger partial charge in [0.05, 0.1) is 19.4 Å². The van der Waals surface area contributed by atoms with Crippen LogP contribution in [0.15, 0.2) is 30.3 Å². The predicted octanol–water partition coefficient (Wildman–Crippen LogP) is 2.15. The van der Waals surface area contributed by atoms with Crippen molar-refractivity contribution in [2.75, 3.05) is 26.3 Å². The second-order valence-corrected chi connectivity index (χ2v) is 7.65. The molecule has 3 saturated heterocycles. The molecule has 3 aliphatic rings. The highest BCUT2D eigenvalue weighted by atomic mass is 16.5. The molecule has 4 atom stereocenters. The van der Waals surface area contributed by atoms with Gasteiger partial charge in [-0.05, 0) is 31.7 Å². The van der Waals surface area contributed by atoms with E-state index >= 15 is 0 Å². The van der Waals surface area contributed by atoms with E-state index in [-0.39, 0.29) is 12.1 Å². The van der Waals surface area contributed by atoms with Crippen molar-refractivity contribution in [3.63, 3.8) is 0 Å². The van der Waals surface area contributed by atoms with Crippen LogP contribution in [0.1, 0.15) is 44.2 Å². The number of hydrogen-bond acceptors (Lipinski definition) is 4. The Morgan fingerprint density at radius 1 is 1.16 bits per heavy atom. The smallest absolute Gasteiger partial charge is 0.222 e. The Morgan fingerprint density at radius 3 is 2.80 bits per heavy atom. The summed E-state index contributed by atoms with van der Waals surface area (Å²) >= 11 is 0. The molecule has 0 bridgehead atoms. The molecule has 0 spiro atoms. The maximum Gasteiger partial charge on any atom is 0.222 e. The average molecular weight is 343 g/mol. The maximum absolute atomic E-state index is 12.4. The summed E-state index contributed by atoms with van der Waals surface area (Å²) in [6, 6.07) is 11.9. The topological polar surface area (TPSA) is 44.8 Å². The Hall–Kier alpha value is -1.43. The Bertz CT molecular complexity index is 594. The zero-order chi connectivity index (χ0) is 17.2. The molecule has 0 aliphatic carbocycles. The van der Waals surface area contributed by atoms with Crippen LogP contribution in [-0.2, 0) is 9.53 Å². The first-order valence-electron chi connectivity index (χ1n) is 9.66. The summed E-state index contributed by atoms with van der Waals surface area (Å²) in [6.45, 7) is 5.77. The van der Waals surface area contributed by atoms with Crippen LogP contribution in [0.4, 0.5) is 0 Å². The lowest BCUT2D eigenvalue weighted by molar-refractivity contribution is -0.130. The second kappa shape index (κ2) is 7.44. The van der Waals surface area contributed by atoms with Crippen molar-refractivity contribution in [3.8, 4) is 0 Å². The van der Waals surface area contributed by atoms with Crippen LogP contribution >= 0.6 is 0 Å². The van der Waals surface area contributed by atoms with E-state index in [0.717, 1.165) is 32.7 Å². The quantitative estimate of drug-likeness (QED) is 0.913. The number of rotatable bonds is 3. The normalized spacial score (nSPS) is 34.8. The Morgan fingerprint density at radius 2 is 2.00 bits per heavy atom. The summed E-state index contributed by atoms with van der Waals surface area (Å²) in [6.07, 6.45) is 4.15. The maximum atomic E-state index is 12.4. The minimum Gasteiger partial charge on any atom is -0.379 e. The summed E-state index contributed by atoms with van der Waals surface area (Å²) in [5, 5.41) is 3.27. The van der Waals surface area contributed by atoms with Crippen molar-refractivity contribution < 1.29 is 9.53 Å². The summed E-state index contributed by atoms with van der Waals surface area (Å²) in [7, 11) is 0. The Balaban J connectivity index is 1.50. The van der Waals surface area contributed by atoms with E-state index in [2.05, 4.69) is 52.4 Å². The number of nitrogens with one attached hydrogen (secondary N) is 1. The highest BCUT2D eigenvalue weighted by Crippen LogP contribution is 2.35. The number of carbonyl (C=O) groups is 1. The number of benzene rings is 1. The van der Waals surface area contributed by atoms with Crippen molar-refractivity contribution in [2.45, 2.75) is 56.9 Å². The number of amides is 1. The molecule has 2 unspecified atom stereocenters. The molecule has 136 valence electrons. The van der Waals surface area contributed by atoms with Gasteiger partial charge in [0.25, 0.3) is 0 Å². The van der Waals surface area contributed by atoms with Crippen LogP contribution in [0.2, 0.25) is 0 Å². The standard InChI is InChI=1S/C20H29N3O2/c1-15-14-25-11-10-22(15)17-12-19(21-20(24)13-17)23-9-5-8-18(23)16-6-3-2-4-7-16/h2-4,6-7,15,17-19H,5,8-14H2,1H3,(H,21,24)/t15-,17?,18+,19?/m1/s1. The molecular formula is C20H29N3O2. The van der Waals surface area contributed by atoms with Crippen molar-refractivity contribution in [2.24, 2.45) is 0 Å². The van der Waals surface area contributed by atoms with Gasteiger partial charge in [0.15, 0.2) is 0 Å². The van der Waals surface area contributed by atoms with Crippen LogP contribution in [0.3, 0.4) is 0 Å². The molecule has 5 nitrogen and oxygen atoms in total. The summed E-state index contributed by atoms with van der Waals surface area (Å²) < 4.78 is 5.58. The number of likely N-dealkylation sites (tertiary alicyclic amines) is 1. The molecule has 4 rings (SSSR count). The number of carbonyl (C=O) groups excluding carboxylic acids is 1. The van der Waals surface area contributed by atoms with E-state index in [1.165, 1.54) is 18.4 Å². The predicted molar refractivity (Wildman–Crippen MR) is 97.1 cm³/mol. The van der Waals surface area contributed by atoms with E-state index in [0.29, 0.717) is 24.5 Å². The lowest BCUT2D eigenvalue weighted by Crippen LogP contribution is -2.59. The lowest BCUT2D eigenvalue weighted by Gasteiger charge is -2.45. The van der Waals surface area contributed by atoms with Crippen LogP contribution in [0.5, 0.6) is 0 Å². The lowest BCUT2D eigenvalue weighted by atomic mass is 9.97. The van der Waals surface area contributed by atoms with Crippen LogP contribution in [-0.4, -0.2) is 60.3 Å². The fraction of sp³-hybridized carbons (Fsp3) is 0.650. The molecular weight excluding hydrogens is 314 g/mol. The van der Waals surface area contributed by atoms with E-state index in [1.807, 2.05) is 0 Å². The van der Waals surface area contributed by atoms with Gasteiger partial charge in [0, 0.05) is 37.6 Å². The number of hydrogen-bond donors (Lipinski definition) is 1. The monoisotopic (exact) mass is 343 g/mol. The van der Waals surface area contributed by atoms with Crippen molar-refractivity contribution in [1.82, 2.24) is 15.1 Å². The summed E-state index contributed by atoms with van der Waals surface area (Å²) in [5.41, 5.74) is 1.37. The molecule has 0 saturated carbocycles. The summed E-state index contributed by atoms with van der Waals surface area (Å²) in [4.78, 5) is 17.4. The molecule has 0 radical (unpaired) electrons. The van der Waals surface area contributed by atoms with Gasteiger partial charge < -0.3 is 10.1 Å². The van der Waals surface area contributed by atoms with E-state index < -0.39 is 0 Å². The fourth-order valence-electron chi connectivity index (χ4n) is 4.81. The van der Waals surface area contributed by atoms with Gasteiger partial charge in [-0.2, -0.15) is 0 Å². The second-order valence-electron chi connectivity index (χ2n) is 7.65. The van der Waals surface area contributed by atoms with E-state index in [1.54, 1.807) is 0 Å². The number of ether oxygens (including phenoxy) is 1. The highest BCUT2D eigenvalue weighted by molar-refractivity contribution is 5.77. The fourth-order valence-corrected chi connectivity index (χ4v) is 4.81. The summed E-state index contributed by atoms with van der Waals surface area (Å²) in [5.74, 6) is 0.193. The third-order valence-corrected chi connectivity index (χ3v) is 6.01. The van der Waals surface area contributed by atoms with Crippen molar-refractivity contribution in [3.05, 3.63) is 35.9 Å². The molecule has 1 N–H and O–H groups in total. The molecule has 3 heterocycles. The third kappa shape index (κ3) is 3.59. The molecule has 25 heavy (non-hydrogen) atoms. The molecule has 5 heteroatoms. The molecule has 0 aromatic heterocycles. The minimum absolute atomic E-state index is 0.147. The first kappa shape index (κ1) is 17.0. The SMILES string of the molecule is C[C@@H]1COCCN1C1CC(=O)NC(N2CCC[C@H]2c2ccccc2)C1. The van der Waals surface area contributed by atoms with Gasteiger partial charge in [-0.1, -0.05) is 30.3 Å². The van der Waals surface area contributed by atoms with Crippen LogP contribution in [0.25, 0.3) is 0 Å². The molecule has 3 aliphatic heterocycles. The first-order chi connectivity index (χ1) is 12.2. The van der Waals surface area contributed by atoms with Crippen molar-refractivity contribution in [1.29, 1.82) is 0 Å². The minimum atomic E-state index is 0.147. The van der Waals surface area contributed by atoms with Crippen molar-refractivity contribution >= 4 is 5.91 Å². The molecule has 1 amide bonds. The van der Waals surface area contributed by atoms with Crippen LogP contribution < -0.4 is 5.32 Å². The zero-order valence-electron chi connectivity index (χ0n) is 15.1. The van der Waals surface area contributed by atoms with Gasteiger partial charge in [-0.15, -0.1) is 0 Å². The molecule has 1 aromatic rings. The first-order valence-corrected chi connectivity index (χ1v) is 9.66. The van der Waals surface area contributed by atoms with E-state index in [9.17, 15) is 4.79 Å². The number of nitrogens with zero attached hydrogens (tertiary/aromatic N) is 2. The highest BCUT2D eigenvalue weighted by Gasteiger charge is 2.39. The van der Waals surface area contributed by atoms with Gasteiger partial charge >= 0.3 is 0 Å². The van der Waals surface area contributed by atoms with E-state index in [4.69, 9.17) is 4.74 Å². The van der Waals surface area contributed by atoms with Gasteiger partial charge in [0.2, 0.25) is 5.91 Å². The Kier molecular flexibility index (Phi) is 5.06. The number of piperidine rings is 1. The molecule has 1 aromatic carbocycles. The van der Waals surface area contributed by atoms with Gasteiger partial charge in [-0.25, -0.2) is 0 Å². The molecule has 3 fully saturated rings. The van der Waals surface area contributed by atoms with Gasteiger partial charge in [-0.3, -0.25) is 14.6 Å². The number of morpholine rings is 1.